The van der Waals surface area contributed by atoms with Gasteiger partial charge in [0.15, 0.2) is 5.82 Å². The summed E-state index contributed by atoms with van der Waals surface area (Å²) in [7, 11) is 0. The van der Waals surface area contributed by atoms with E-state index in [2.05, 4.69) is 10.1 Å². The molecule has 0 saturated carbocycles. The molecule has 0 N–H and O–H groups in total. The molecule has 136 valence electrons. The molecular weight excluding hydrogens is 352 g/mol. The Balaban J connectivity index is 1.80. The molecule has 1 aromatic heterocycles. The zero-order valence-corrected chi connectivity index (χ0v) is 14.8. The van der Waals surface area contributed by atoms with Crippen molar-refractivity contribution in [2.45, 2.75) is 0 Å². The topological polar surface area (TPSA) is 73.3 Å². The number of hydrogen-bond donors (Lipinski definition) is 0. The van der Waals surface area contributed by atoms with Crippen LogP contribution in [0.2, 0.25) is 0 Å². The lowest BCUT2D eigenvalue weighted by Gasteiger charge is -2.03. The molecule has 0 bridgehead atoms. The minimum Gasteiger partial charge on any atom is -0.258 e. The maximum atomic E-state index is 11.2. The molecule has 6 heteroatoms. The number of nitrogens with zero attached hydrogens (tertiary/aromatic N) is 4. The Labute approximate surface area is 161 Å². The number of para-hydroxylation sites is 2. The van der Waals surface area contributed by atoms with Gasteiger partial charge in [-0.15, -0.1) is 0 Å². The summed E-state index contributed by atoms with van der Waals surface area (Å²) in [6, 6.07) is 27.9. The lowest BCUT2D eigenvalue weighted by atomic mass is 10.1. The Hall–Kier alpha value is -4.06. The van der Waals surface area contributed by atoms with Crippen LogP contribution in [0.15, 0.2) is 96.0 Å². The Morgan fingerprint density at radius 3 is 2.25 bits per heavy atom. The number of aliphatic imine (C=N–C) groups is 1. The highest BCUT2D eigenvalue weighted by molar-refractivity contribution is 5.87. The summed E-state index contributed by atoms with van der Waals surface area (Å²) in [4.78, 5) is 15.3. The summed E-state index contributed by atoms with van der Waals surface area (Å²) in [5.74, 6) is 0.586. The van der Waals surface area contributed by atoms with Crippen LogP contribution in [0.4, 0.5) is 11.5 Å². The van der Waals surface area contributed by atoms with Gasteiger partial charge < -0.3 is 0 Å². The summed E-state index contributed by atoms with van der Waals surface area (Å²) in [5, 5.41) is 15.9. The summed E-state index contributed by atoms with van der Waals surface area (Å²) in [6.07, 6.45) is 1.50. The molecule has 6 nitrogen and oxygen atoms in total. The van der Waals surface area contributed by atoms with Crippen LogP contribution in [0.1, 0.15) is 5.56 Å². The molecule has 0 spiro atoms. The summed E-state index contributed by atoms with van der Waals surface area (Å²) >= 11 is 0. The number of nitro benzene ring substituents is 1. The zero-order valence-electron chi connectivity index (χ0n) is 14.8. The standard InChI is InChI=1S/C22H16N4O2/c27-26(28)21-14-8-7-11-18(21)16-23-22-15-20(17-9-3-1-4-10-17)24-25(22)19-12-5-2-6-13-19/h1-16H. The zero-order chi connectivity index (χ0) is 19.3. The first-order valence-corrected chi connectivity index (χ1v) is 8.71. The number of nitro groups is 1. The van der Waals surface area contributed by atoms with Crippen molar-refractivity contribution in [3.05, 3.63) is 107 Å². The van der Waals surface area contributed by atoms with E-state index in [1.165, 1.54) is 12.3 Å². The van der Waals surface area contributed by atoms with E-state index in [0.717, 1.165) is 16.9 Å². The normalized spacial score (nSPS) is 11.0. The first kappa shape index (κ1) is 17.4. The predicted molar refractivity (Wildman–Crippen MR) is 109 cm³/mol. The van der Waals surface area contributed by atoms with Crippen molar-refractivity contribution in [3.63, 3.8) is 0 Å². The van der Waals surface area contributed by atoms with Gasteiger partial charge in [-0.25, -0.2) is 9.67 Å². The van der Waals surface area contributed by atoms with E-state index in [-0.39, 0.29) is 5.69 Å². The molecule has 0 aliphatic rings. The lowest BCUT2D eigenvalue weighted by Crippen LogP contribution is -1.97. The Morgan fingerprint density at radius 2 is 1.54 bits per heavy atom. The largest absolute Gasteiger partial charge is 0.278 e. The fraction of sp³-hybridized carbons (Fsp3) is 0. The first-order chi connectivity index (χ1) is 13.7. The van der Waals surface area contributed by atoms with Crippen molar-refractivity contribution < 1.29 is 4.92 Å². The number of aromatic nitrogens is 2. The highest BCUT2D eigenvalue weighted by Crippen LogP contribution is 2.27. The molecule has 0 saturated heterocycles. The van der Waals surface area contributed by atoms with Gasteiger partial charge in [-0.1, -0.05) is 60.7 Å². The molecule has 4 rings (SSSR count). The molecule has 0 amide bonds. The quantitative estimate of drug-likeness (QED) is 0.276. The van der Waals surface area contributed by atoms with E-state index < -0.39 is 4.92 Å². The van der Waals surface area contributed by atoms with E-state index in [0.29, 0.717) is 11.4 Å². The van der Waals surface area contributed by atoms with E-state index in [4.69, 9.17) is 0 Å². The third kappa shape index (κ3) is 3.57. The van der Waals surface area contributed by atoms with Gasteiger partial charge in [0.2, 0.25) is 0 Å². The molecule has 1 heterocycles. The van der Waals surface area contributed by atoms with Gasteiger partial charge in [0.25, 0.3) is 5.69 Å². The first-order valence-electron chi connectivity index (χ1n) is 8.71. The van der Waals surface area contributed by atoms with Crippen molar-refractivity contribution >= 4 is 17.7 Å². The average molecular weight is 368 g/mol. The molecule has 0 fully saturated rings. The van der Waals surface area contributed by atoms with E-state index in [1.807, 2.05) is 66.7 Å². The van der Waals surface area contributed by atoms with Crippen molar-refractivity contribution in [1.82, 2.24) is 9.78 Å². The SMILES string of the molecule is O=[N+]([O-])c1ccccc1C=Nc1cc(-c2ccccc2)nn1-c1ccccc1. The van der Waals surface area contributed by atoms with Crippen molar-refractivity contribution in [2.75, 3.05) is 0 Å². The van der Waals surface area contributed by atoms with Gasteiger partial charge in [-0.05, 0) is 18.2 Å². The predicted octanol–water partition coefficient (Wildman–Crippen LogP) is 5.20. The minimum absolute atomic E-state index is 0.0142. The Kier molecular flexibility index (Phi) is 4.76. The molecule has 0 radical (unpaired) electrons. The molecule has 0 aliphatic carbocycles. The maximum absolute atomic E-state index is 11.2. The smallest absolute Gasteiger partial charge is 0.258 e. The Bertz CT molecular complexity index is 1140. The van der Waals surface area contributed by atoms with Gasteiger partial charge in [-0.2, -0.15) is 5.10 Å². The van der Waals surface area contributed by atoms with Crippen LogP contribution in [-0.4, -0.2) is 20.9 Å². The van der Waals surface area contributed by atoms with Gasteiger partial charge in [0, 0.05) is 23.9 Å². The second-order valence-corrected chi connectivity index (χ2v) is 6.08. The van der Waals surface area contributed by atoms with Crippen molar-refractivity contribution in [1.29, 1.82) is 0 Å². The van der Waals surface area contributed by atoms with Crippen LogP contribution in [0.25, 0.3) is 16.9 Å². The molecule has 4 aromatic rings. The number of rotatable bonds is 5. The fourth-order valence-corrected chi connectivity index (χ4v) is 2.87. The van der Waals surface area contributed by atoms with Gasteiger partial charge in [-0.3, -0.25) is 10.1 Å². The maximum Gasteiger partial charge on any atom is 0.278 e. The van der Waals surface area contributed by atoms with Crippen LogP contribution < -0.4 is 0 Å². The van der Waals surface area contributed by atoms with Gasteiger partial charge in [0.1, 0.15) is 0 Å². The van der Waals surface area contributed by atoms with Crippen LogP contribution in [0.5, 0.6) is 0 Å². The fourth-order valence-electron chi connectivity index (χ4n) is 2.87. The lowest BCUT2D eigenvalue weighted by molar-refractivity contribution is -0.385. The van der Waals surface area contributed by atoms with Crippen molar-refractivity contribution in [3.8, 4) is 16.9 Å². The Morgan fingerprint density at radius 1 is 0.893 bits per heavy atom. The van der Waals surface area contributed by atoms with Gasteiger partial charge >= 0.3 is 0 Å². The molecule has 0 aliphatic heterocycles. The van der Waals surface area contributed by atoms with Crippen LogP contribution in [-0.2, 0) is 0 Å². The molecule has 0 unspecified atom stereocenters. The molecular formula is C22H16N4O2. The highest BCUT2D eigenvalue weighted by atomic mass is 16.6. The summed E-state index contributed by atoms with van der Waals surface area (Å²) < 4.78 is 1.73. The van der Waals surface area contributed by atoms with Crippen LogP contribution in [0.3, 0.4) is 0 Å². The number of benzene rings is 3. The highest BCUT2D eigenvalue weighted by Gasteiger charge is 2.13. The summed E-state index contributed by atoms with van der Waals surface area (Å²) in [5.41, 5.74) is 3.06. The molecule has 3 aromatic carbocycles. The average Bonchev–Trinajstić information content (AvgIpc) is 3.18. The van der Waals surface area contributed by atoms with E-state index in [9.17, 15) is 10.1 Å². The monoisotopic (exact) mass is 368 g/mol. The van der Waals surface area contributed by atoms with Crippen LogP contribution in [0, 0.1) is 10.1 Å². The second-order valence-electron chi connectivity index (χ2n) is 6.08. The van der Waals surface area contributed by atoms with E-state index in [1.54, 1.807) is 22.9 Å². The van der Waals surface area contributed by atoms with Crippen LogP contribution >= 0.6 is 0 Å². The minimum atomic E-state index is -0.411. The number of hydrogen-bond acceptors (Lipinski definition) is 4. The summed E-state index contributed by atoms with van der Waals surface area (Å²) in [6.45, 7) is 0. The van der Waals surface area contributed by atoms with Gasteiger partial charge in [0.05, 0.1) is 21.9 Å². The van der Waals surface area contributed by atoms with E-state index >= 15 is 0 Å². The molecule has 0 atom stereocenters. The third-order valence-electron chi connectivity index (χ3n) is 4.23. The second kappa shape index (κ2) is 7.67. The van der Waals surface area contributed by atoms with Crippen molar-refractivity contribution in [2.24, 2.45) is 4.99 Å². The third-order valence-corrected chi connectivity index (χ3v) is 4.23. The molecule has 28 heavy (non-hydrogen) atoms.